The van der Waals surface area contributed by atoms with Crippen LogP contribution < -0.4 is 9.64 Å². The monoisotopic (exact) mass is 345 g/mol. The van der Waals surface area contributed by atoms with Crippen LogP contribution in [0.1, 0.15) is 30.9 Å². The first-order valence-corrected chi connectivity index (χ1v) is 9.13. The van der Waals surface area contributed by atoms with E-state index in [9.17, 15) is 4.79 Å². The molecule has 0 atom stereocenters. The lowest BCUT2D eigenvalue weighted by molar-refractivity contribution is -0.116. The number of thioether (sulfide) groups is 1. The molecule has 0 N–H and O–H groups in total. The van der Waals surface area contributed by atoms with Crippen LogP contribution in [0.5, 0.6) is 5.75 Å². The minimum Gasteiger partial charge on any atom is -0.497 e. The fourth-order valence-electron chi connectivity index (χ4n) is 2.99. The van der Waals surface area contributed by atoms with Gasteiger partial charge in [0.15, 0.2) is 0 Å². The predicted octanol–water partition coefficient (Wildman–Crippen LogP) is 2.09. The second-order valence-electron chi connectivity index (χ2n) is 6.07. The van der Waals surface area contributed by atoms with Crippen LogP contribution in [-0.4, -0.2) is 45.5 Å². The number of fused-ring (bicyclic) bond motifs is 1. The van der Waals surface area contributed by atoms with E-state index in [2.05, 4.69) is 15.5 Å². The summed E-state index contributed by atoms with van der Waals surface area (Å²) in [6.07, 6.45) is 4.18. The molecule has 8 heteroatoms. The number of nitrogens with zero attached hydrogens (tertiary/aromatic N) is 5. The van der Waals surface area contributed by atoms with E-state index >= 15 is 0 Å². The molecule has 0 saturated heterocycles. The Morgan fingerprint density at radius 3 is 3.08 bits per heavy atom. The summed E-state index contributed by atoms with van der Waals surface area (Å²) in [5.74, 6) is 1.27. The van der Waals surface area contributed by atoms with E-state index in [0.717, 1.165) is 48.8 Å². The normalized spacial score (nSPS) is 16.8. The minimum atomic E-state index is 0.0939. The number of ether oxygens (including phenoxy) is 1. The summed E-state index contributed by atoms with van der Waals surface area (Å²) in [5, 5.41) is 12.5. The van der Waals surface area contributed by atoms with Crippen molar-refractivity contribution in [3.8, 4) is 5.75 Å². The average molecular weight is 345 g/mol. The van der Waals surface area contributed by atoms with Crippen molar-refractivity contribution in [2.24, 2.45) is 0 Å². The largest absolute Gasteiger partial charge is 0.497 e. The van der Waals surface area contributed by atoms with E-state index < -0.39 is 0 Å². The molecule has 2 aromatic rings. The number of anilines is 1. The van der Waals surface area contributed by atoms with Crippen LogP contribution in [-0.2, 0) is 11.2 Å². The molecule has 1 aromatic heterocycles. The quantitative estimate of drug-likeness (QED) is 0.773. The number of hydrogen-bond acceptors (Lipinski definition) is 6. The SMILES string of the molecule is COc1ccc2c(c1)CCCN2C(=O)CSc1nnnn1C1CC1. The van der Waals surface area contributed by atoms with Crippen molar-refractivity contribution in [2.45, 2.75) is 36.9 Å². The van der Waals surface area contributed by atoms with E-state index in [-0.39, 0.29) is 5.91 Å². The van der Waals surface area contributed by atoms with Gasteiger partial charge in [-0.1, -0.05) is 11.8 Å². The molecule has 1 aromatic carbocycles. The molecule has 1 saturated carbocycles. The Kier molecular flexibility index (Phi) is 4.13. The van der Waals surface area contributed by atoms with Crippen LogP contribution in [0, 0.1) is 0 Å². The first kappa shape index (κ1) is 15.4. The van der Waals surface area contributed by atoms with Gasteiger partial charge in [0.05, 0.1) is 18.9 Å². The van der Waals surface area contributed by atoms with E-state index in [1.807, 2.05) is 27.8 Å². The minimum absolute atomic E-state index is 0.0939. The fraction of sp³-hybridized carbons (Fsp3) is 0.500. The van der Waals surface area contributed by atoms with E-state index in [1.54, 1.807) is 7.11 Å². The summed E-state index contributed by atoms with van der Waals surface area (Å²) in [5.41, 5.74) is 2.16. The van der Waals surface area contributed by atoms with Gasteiger partial charge < -0.3 is 9.64 Å². The third-order valence-electron chi connectivity index (χ3n) is 4.39. The summed E-state index contributed by atoms with van der Waals surface area (Å²) in [6, 6.07) is 6.33. The van der Waals surface area contributed by atoms with Crippen LogP contribution in [0.15, 0.2) is 23.4 Å². The van der Waals surface area contributed by atoms with Gasteiger partial charge in [-0.3, -0.25) is 4.79 Å². The summed E-state index contributed by atoms with van der Waals surface area (Å²) in [7, 11) is 1.66. The molecule has 0 radical (unpaired) electrons. The lowest BCUT2D eigenvalue weighted by Crippen LogP contribution is -2.36. The number of carbonyl (C=O) groups is 1. The van der Waals surface area contributed by atoms with Crippen molar-refractivity contribution in [2.75, 3.05) is 24.3 Å². The molecule has 1 aliphatic carbocycles. The lowest BCUT2D eigenvalue weighted by atomic mass is 10.0. The van der Waals surface area contributed by atoms with Crippen LogP contribution in [0.3, 0.4) is 0 Å². The average Bonchev–Trinajstić information content (AvgIpc) is 3.36. The Bertz CT molecular complexity index is 759. The molecule has 2 aliphatic rings. The van der Waals surface area contributed by atoms with Crippen molar-refractivity contribution in [1.29, 1.82) is 0 Å². The maximum atomic E-state index is 12.7. The molecule has 1 amide bonds. The summed E-state index contributed by atoms with van der Waals surface area (Å²) >= 11 is 1.42. The highest BCUT2D eigenvalue weighted by Gasteiger charge is 2.29. The van der Waals surface area contributed by atoms with Gasteiger partial charge in [0.25, 0.3) is 0 Å². The van der Waals surface area contributed by atoms with Crippen molar-refractivity contribution >= 4 is 23.4 Å². The third-order valence-corrected chi connectivity index (χ3v) is 5.30. The van der Waals surface area contributed by atoms with E-state index in [0.29, 0.717) is 11.8 Å². The van der Waals surface area contributed by atoms with Crippen LogP contribution in [0.4, 0.5) is 5.69 Å². The molecule has 0 unspecified atom stereocenters. The Morgan fingerprint density at radius 1 is 1.42 bits per heavy atom. The lowest BCUT2D eigenvalue weighted by Gasteiger charge is -2.29. The second-order valence-corrected chi connectivity index (χ2v) is 7.01. The number of benzene rings is 1. The van der Waals surface area contributed by atoms with Gasteiger partial charge >= 0.3 is 0 Å². The van der Waals surface area contributed by atoms with Crippen LogP contribution in [0.25, 0.3) is 0 Å². The molecule has 24 heavy (non-hydrogen) atoms. The Balaban J connectivity index is 1.46. The molecule has 0 bridgehead atoms. The van der Waals surface area contributed by atoms with Gasteiger partial charge in [-0.05, 0) is 59.9 Å². The molecular formula is C16H19N5O2S. The fourth-order valence-corrected chi connectivity index (χ4v) is 3.81. The highest BCUT2D eigenvalue weighted by molar-refractivity contribution is 7.99. The van der Waals surface area contributed by atoms with Crippen molar-refractivity contribution < 1.29 is 9.53 Å². The third kappa shape index (κ3) is 2.98. The van der Waals surface area contributed by atoms with Gasteiger partial charge in [0.1, 0.15) is 5.75 Å². The Hall–Kier alpha value is -2.09. The zero-order valence-corrected chi connectivity index (χ0v) is 14.3. The standard InChI is InChI=1S/C16H19N5O2S/c1-23-13-6-7-14-11(9-13)3-2-8-20(14)15(22)10-24-16-17-18-19-21(16)12-4-5-12/h6-7,9,12H,2-5,8,10H2,1H3. The van der Waals surface area contributed by atoms with Gasteiger partial charge in [0.2, 0.25) is 11.1 Å². The summed E-state index contributed by atoms with van der Waals surface area (Å²) in [6.45, 7) is 0.756. The maximum Gasteiger partial charge on any atom is 0.237 e. The van der Waals surface area contributed by atoms with Gasteiger partial charge in [-0.25, -0.2) is 4.68 Å². The van der Waals surface area contributed by atoms with Crippen LogP contribution >= 0.6 is 11.8 Å². The Morgan fingerprint density at radius 2 is 2.29 bits per heavy atom. The number of amides is 1. The highest BCUT2D eigenvalue weighted by atomic mass is 32.2. The smallest absolute Gasteiger partial charge is 0.237 e. The van der Waals surface area contributed by atoms with Crippen molar-refractivity contribution in [1.82, 2.24) is 20.2 Å². The van der Waals surface area contributed by atoms with Gasteiger partial charge in [-0.15, -0.1) is 5.10 Å². The first-order chi connectivity index (χ1) is 11.8. The number of tetrazole rings is 1. The molecule has 2 heterocycles. The van der Waals surface area contributed by atoms with Gasteiger partial charge in [0, 0.05) is 12.2 Å². The van der Waals surface area contributed by atoms with Crippen LogP contribution in [0.2, 0.25) is 0 Å². The number of methoxy groups -OCH3 is 1. The van der Waals surface area contributed by atoms with E-state index in [1.165, 1.54) is 17.3 Å². The molecule has 1 aliphatic heterocycles. The number of hydrogen-bond donors (Lipinski definition) is 0. The summed E-state index contributed by atoms with van der Waals surface area (Å²) in [4.78, 5) is 14.6. The van der Waals surface area contributed by atoms with Crippen molar-refractivity contribution in [3.63, 3.8) is 0 Å². The first-order valence-electron chi connectivity index (χ1n) is 8.14. The zero-order chi connectivity index (χ0) is 16.5. The topological polar surface area (TPSA) is 73.1 Å². The zero-order valence-electron chi connectivity index (χ0n) is 13.5. The number of rotatable bonds is 5. The number of aryl methyl sites for hydroxylation is 1. The molecule has 126 valence electrons. The molecule has 7 nitrogen and oxygen atoms in total. The molecule has 4 rings (SSSR count). The van der Waals surface area contributed by atoms with E-state index in [4.69, 9.17) is 4.74 Å². The highest BCUT2D eigenvalue weighted by Crippen LogP contribution is 2.36. The maximum absolute atomic E-state index is 12.7. The van der Waals surface area contributed by atoms with Crippen molar-refractivity contribution in [3.05, 3.63) is 23.8 Å². The van der Waals surface area contributed by atoms with Gasteiger partial charge in [-0.2, -0.15) is 0 Å². The molecule has 0 spiro atoms. The molecule has 1 fully saturated rings. The second kappa shape index (κ2) is 6.43. The summed E-state index contributed by atoms with van der Waals surface area (Å²) < 4.78 is 7.12. The Labute approximate surface area is 144 Å². The predicted molar refractivity (Wildman–Crippen MR) is 90.5 cm³/mol. The number of carbonyl (C=O) groups excluding carboxylic acids is 1. The number of aromatic nitrogens is 4. The molecular weight excluding hydrogens is 326 g/mol.